The zero-order valence-corrected chi connectivity index (χ0v) is 17.3. The Balaban J connectivity index is 1.44. The summed E-state index contributed by atoms with van der Waals surface area (Å²) in [7, 11) is 3.34. The fraction of sp³-hybridized carbons (Fsp3) is 0.348. The molecule has 0 radical (unpaired) electrons. The number of aromatic nitrogens is 3. The van der Waals surface area contributed by atoms with Gasteiger partial charge in [-0.25, -0.2) is 4.98 Å². The fourth-order valence-corrected chi connectivity index (χ4v) is 3.94. The third-order valence-corrected chi connectivity index (χ3v) is 5.61. The number of H-pyrrole nitrogens is 1. The van der Waals surface area contributed by atoms with Crippen molar-refractivity contribution in [1.29, 1.82) is 0 Å². The summed E-state index contributed by atoms with van der Waals surface area (Å²) in [5.74, 6) is 2.52. The van der Waals surface area contributed by atoms with Crippen LogP contribution in [0.5, 0.6) is 11.5 Å². The first kappa shape index (κ1) is 20.1. The molecule has 0 bridgehead atoms. The third-order valence-electron chi connectivity index (χ3n) is 5.61. The molecule has 1 aliphatic heterocycles. The molecule has 2 aromatic heterocycles. The average Bonchev–Trinajstić information content (AvgIpc) is 2.80. The van der Waals surface area contributed by atoms with Crippen molar-refractivity contribution in [2.24, 2.45) is 0 Å². The molecule has 0 amide bonds. The average molecular weight is 406 g/mol. The molecule has 7 heteroatoms. The van der Waals surface area contributed by atoms with Crippen molar-refractivity contribution in [2.45, 2.75) is 25.3 Å². The predicted octanol–water partition coefficient (Wildman–Crippen LogP) is 3.23. The minimum absolute atomic E-state index is 0.114. The molecule has 4 rings (SSSR count). The maximum Gasteiger partial charge on any atom is 0.251 e. The Bertz CT molecular complexity index is 1040. The molecule has 3 aromatic rings. The van der Waals surface area contributed by atoms with Gasteiger partial charge in [-0.1, -0.05) is 6.07 Å². The van der Waals surface area contributed by atoms with Crippen molar-refractivity contribution in [3.8, 4) is 22.9 Å². The number of likely N-dealkylation sites (tertiary alicyclic amines) is 1. The number of nitrogens with one attached hydrogen (secondary N) is 1. The van der Waals surface area contributed by atoms with E-state index in [-0.39, 0.29) is 11.5 Å². The minimum atomic E-state index is -0.114. The first-order valence-electron chi connectivity index (χ1n) is 10.1. The smallest absolute Gasteiger partial charge is 0.251 e. The van der Waals surface area contributed by atoms with Crippen molar-refractivity contribution in [2.75, 3.05) is 27.3 Å². The summed E-state index contributed by atoms with van der Waals surface area (Å²) < 4.78 is 10.8. The minimum Gasteiger partial charge on any atom is -0.497 e. The number of methoxy groups -OCH3 is 2. The van der Waals surface area contributed by atoms with Crippen LogP contribution in [0.25, 0.3) is 11.4 Å². The van der Waals surface area contributed by atoms with E-state index in [4.69, 9.17) is 14.5 Å². The first-order valence-corrected chi connectivity index (χ1v) is 10.1. The van der Waals surface area contributed by atoms with Crippen LogP contribution in [0.3, 0.4) is 0 Å². The van der Waals surface area contributed by atoms with Crippen LogP contribution in [0, 0.1) is 0 Å². The molecule has 0 unspecified atom stereocenters. The van der Waals surface area contributed by atoms with E-state index in [0.717, 1.165) is 60.8 Å². The SMILES string of the molecule is COc1ccc(CN2CCC(c3cc(=O)[nH]c(-c4ccncc4)n3)CC2)c(OC)c1. The van der Waals surface area contributed by atoms with Crippen molar-refractivity contribution < 1.29 is 9.47 Å². The number of pyridine rings is 1. The van der Waals surface area contributed by atoms with Crippen molar-refractivity contribution in [3.05, 3.63) is 70.4 Å². The molecule has 156 valence electrons. The van der Waals surface area contributed by atoms with Crippen LogP contribution in [0.1, 0.15) is 30.0 Å². The fourth-order valence-electron chi connectivity index (χ4n) is 3.94. The number of piperidine rings is 1. The summed E-state index contributed by atoms with van der Waals surface area (Å²) in [6.07, 6.45) is 5.33. The van der Waals surface area contributed by atoms with Crippen LogP contribution in [-0.4, -0.2) is 47.2 Å². The van der Waals surface area contributed by atoms with Gasteiger partial charge in [0, 0.05) is 48.1 Å². The quantitative estimate of drug-likeness (QED) is 0.677. The number of nitrogens with zero attached hydrogens (tertiary/aromatic N) is 3. The second kappa shape index (κ2) is 9.09. The lowest BCUT2D eigenvalue weighted by atomic mass is 9.93. The molecule has 1 aliphatic rings. The Morgan fingerprint density at radius 3 is 2.53 bits per heavy atom. The Labute approximate surface area is 175 Å². The van der Waals surface area contributed by atoms with E-state index >= 15 is 0 Å². The lowest BCUT2D eigenvalue weighted by Gasteiger charge is -2.32. The second-order valence-electron chi connectivity index (χ2n) is 7.48. The Hall–Kier alpha value is -3.19. The highest BCUT2D eigenvalue weighted by Crippen LogP contribution is 2.30. The van der Waals surface area contributed by atoms with Crippen LogP contribution in [-0.2, 0) is 6.54 Å². The highest BCUT2D eigenvalue weighted by Gasteiger charge is 2.23. The molecular formula is C23H26N4O3. The van der Waals surface area contributed by atoms with Crippen LogP contribution in [0.15, 0.2) is 53.6 Å². The molecule has 30 heavy (non-hydrogen) atoms. The third kappa shape index (κ3) is 4.52. The lowest BCUT2D eigenvalue weighted by molar-refractivity contribution is 0.201. The van der Waals surface area contributed by atoms with Gasteiger partial charge in [-0.15, -0.1) is 0 Å². The normalized spacial score (nSPS) is 15.1. The summed E-state index contributed by atoms with van der Waals surface area (Å²) >= 11 is 0. The molecule has 3 heterocycles. The van der Waals surface area contributed by atoms with Crippen LogP contribution in [0.2, 0.25) is 0 Å². The van der Waals surface area contributed by atoms with Gasteiger partial charge in [-0.3, -0.25) is 14.7 Å². The van der Waals surface area contributed by atoms with E-state index in [0.29, 0.717) is 5.82 Å². The maximum absolute atomic E-state index is 12.2. The highest BCUT2D eigenvalue weighted by molar-refractivity contribution is 5.53. The summed E-state index contributed by atoms with van der Waals surface area (Å²) in [6, 6.07) is 11.3. The molecule has 1 N–H and O–H groups in total. The molecule has 0 aliphatic carbocycles. The van der Waals surface area contributed by atoms with Gasteiger partial charge < -0.3 is 14.5 Å². The van der Waals surface area contributed by atoms with Crippen molar-refractivity contribution in [1.82, 2.24) is 19.9 Å². The summed E-state index contributed by atoms with van der Waals surface area (Å²) in [5, 5.41) is 0. The van der Waals surface area contributed by atoms with E-state index in [2.05, 4.69) is 20.9 Å². The summed E-state index contributed by atoms with van der Waals surface area (Å²) in [6.45, 7) is 2.71. The summed E-state index contributed by atoms with van der Waals surface area (Å²) in [4.78, 5) is 26.2. The monoisotopic (exact) mass is 406 g/mol. The van der Waals surface area contributed by atoms with Crippen LogP contribution in [0.4, 0.5) is 0 Å². The lowest BCUT2D eigenvalue weighted by Crippen LogP contribution is -2.33. The second-order valence-corrected chi connectivity index (χ2v) is 7.48. The number of ether oxygens (including phenoxy) is 2. The van der Waals surface area contributed by atoms with E-state index in [9.17, 15) is 4.79 Å². The zero-order valence-electron chi connectivity index (χ0n) is 17.3. The van der Waals surface area contributed by atoms with Gasteiger partial charge >= 0.3 is 0 Å². The van der Waals surface area contributed by atoms with Gasteiger partial charge in [0.1, 0.15) is 17.3 Å². The van der Waals surface area contributed by atoms with Crippen molar-refractivity contribution >= 4 is 0 Å². The maximum atomic E-state index is 12.2. The molecule has 0 spiro atoms. The van der Waals surface area contributed by atoms with E-state index in [1.807, 2.05) is 24.3 Å². The van der Waals surface area contributed by atoms with E-state index < -0.39 is 0 Å². The highest BCUT2D eigenvalue weighted by atomic mass is 16.5. The number of benzene rings is 1. The zero-order chi connectivity index (χ0) is 20.9. The van der Waals surface area contributed by atoms with Crippen LogP contribution < -0.4 is 15.0 Å². The molecular weight excluding hydrogens is 380 g/mol. The van der Waals surface area contributed by atoms with Gasteiger partial charge in [0.05, 0.1) is 19.9 Å². The number of rotatable bonds is 6. The van der Waals surface area contributed by atoms with Gasteiger partial charge in [-0.2, -0.15) is 0 Å². The van der Waals surface area contributed by atoms with Gasteiger partial charge in [0.15, 0.2) is 0 Å². The van der Waals surface area contributed by atoms with Gasteiger partial charge in [0.25, 0.3) is 5.56 Å². The molecule has 0 atom stereocenters. The Morgan fingerprint density at radius 1 is 1.07 bits per heavy atom. The van der Waals surface area contributed by atoms with Gasteiger partial charge in [0.2, 0.25) is 0 Å². The number of hydrogen-bond acceptors (Lipinski definition) is 6. The predicted molar refractivity (Wildman–Crippen MR) is 115 cm³/mol. The van der Waals surface area contributed by atoms with Crippen molar-refractivity contribution in [3.63, 3.8) is 0 Å². The molecule has 7 nitrogen and oxygen atoms in total. The number of aromatic amines is 1. The molecule has 0 saturated carbocycles. The van der Waals surface area contributed by atoms with E-state index in [1.54, 1.807) is 32.7 Å². The Kier molecular flexibility index (Phi) is 6.09. The topological polar surface area (TPSA) is 80.3 Å². The molecule has 1 saturated heterocycles. The van der Waals surface area contributed by atoms with E-state index in [1.165, 1.54) is 0 Å². The first-order chi connectivity index (χ1) is 14.7. The molecule has 1 fully saturated rings. The standard InChI is InChI=1S/C23H26N4O3/c1-29-19-4-3-18(21(13-19)30-2)15-27-11-7-16(8-12-27)20-14-22(28)26-23(25-20)17-5-9-24-10-6-17/h3-6,9-10,13-14,16H,7-8,11-12,15H2,1-2H3,(H,25,26,28). The Morgan fingerprint density at radius 2 is 1.83 bits per heavy atom. The largest absolute Gasteiger partial charge is 0.497 e. The van der Waals surface area contributed by atoms with Gasteiger partial charge in [-0.05, 0) is 44.1 Å². The number of hydrogen-bond donors (Lipinski definition) is 1. The van der Waals surface area contributed by atoms with Crippen LogP contribution >= 0.6 is 0 Å². The molecule has 1 aromatic carbocycles. The summed E-state index contributed by atoms with van der Waals surface area (Å²) in [5.41, 5.74) is 2.77.